The summed E-state index contributed by atoms with van der Waals surface area (Å²) in [7, 11) is 0. The number of nitrogens with one attached hydrogen (secondary N) is 1. The molecular formula is C24H19ClN4O3S2. The molecule has 7 nitrogen and oxygen atoms in total. The van der Waals surface area contributed by atoms with Gasteiger partial charge in [-0.15, -0.1) is 17.9 Å². The highest BCUT2D eigenvalue weighted by Gasteiger charge is 2.38. The van der Waals surface area contributed by atoms with E-state index in [0.717, 1.165) is 0 Å². The Morgan fingerprint density at radius 1 is 1.24 bits per heavy atom. The Morgan fingerprint density at radius 3 is 2.74 bits per heavy atom. The van der Waals surface area contributed by atoms with Crippen LogP contribution in [0.2, 0.25) is 5.02 Å². The highest BCUT2D eigenvalue weighted by molar-refractivity contribution is 8.15. The van der Waals surface area contributed by atoms with Crippen LogP contribution in [0.3, 0.4) is 0 Å². The van der Waals surface area contributed by atoms with Gasteiger partial charge in [0.1, 0.15) is 5.25 Å². The summed E-state index contributed by atoms with van der Waals surface area (Å²) in [5.74, 6) is -0.892. The fraction of sp³-hybridized carbons (Fsp3) is 0.125. The third-order valence-electron chi connectivity index (χ3n) is 4.85. The number of thioether (sulfide) groups is 1. The van der Waals surface area contributed by atoms with Gasteiger partial charge in [-0.1, -0.05) is 59.8 Å². The Kier molecular flexibility index (Phi) is 7.56. The second-order valence-corrected chi connectivity index (χ2v) is 9.67. The van der Waals surface area contributed by atoms with Crippen molar-refractivity contribution in [1.82, 2.24) is 9.88 Å². The topological polar surface area (TPSA) is 91.7 Å². The maximum absolute atomic E-state index is 13.0. The maximum atomic E-state index is 13.0. The summed E-state index contributed by atoms with van der Waals surface area (Å²) in [4.78, 5) is 48.9. The van der Waals surface area contributed by atoms with Gasteiger partial charge in [-0.05, 0) is 18.2 Å². The summed E-state index contributed by atoms with van der Waals surface area (Å²) in [6.45, 7) is 3.98. The molecule has 0 bridgehead atoms. The van der Waals surface area contributed by atoms with Crippen LogP contribution >= 0.6 is 34.7 Å². The fourth-order valence-corrected chi connectivity index (χ4v) is 5.19. The van der Waals surface area contributed by atoms with Gasteiger partial charge < -0.3 is 5.32 Å². The first kappa shape index (κ1) is 23.9. The van der Waals surface area contributed by atoms with E-state index in [2.05, 4.69) is 21.9 Å². The number of rotatable bonds is 8. The minimum absolute atomic E-state index is 0.0877. The average molecular weight is 511 g/mol. The first-order valence-corrected chi connectivity index (χ1v) is 12.4. The van der Waals surface area contributed by atoms with E-state index in [1.54, 1.807) is 54.1 Å². The van der Waals surface area contributed by atoms with Crippen molar-refractivity contribution in [3.63, 3.8) is 0 Å². The lowest BCUT2D eigenvalue weighted by Crippen LogP contribution is -2.33. The van der Waals surface area contributed by atoms with Crippen LogP contribution in [0.1, 0.15) is 22.3 Å². The summed E-state index contributed by atoms with van der Waals surface area (Å²) in [5.41, 5.74) is 1.08. The number of benzene rings is 2. The number of anilines is 1. The second-order valence-electron chi connectivity index (χ2n) is 7.19. The molecule has 1 fully saturated rings. The molecule has 1 saturated heterocycles. The molecule has 1 N–H and O–H groups in total. The maximum Gasteiger partial charge on any atom is 0.242 e. The van der Waals surface area contributed by atoms with E-state index in [9.17, 15) is 14.4 Å². The Morgan fingerprint density at radius 2 is 2.03 bits per heavy atom. The summed E-state index contributed by atoms with van der Waals surface area (Å²) >= 11 is 8.68. The standard InChI is InChI=1S/C24H19ClN4O3S2/c1-2-11-29-22(32)19(34-24(29)28-23-26-10-12-33-23)14-20(30)27-18-9-8-16(25)13-17(18)21(31)15-6-4-3-5-7-15/h2-10,12-13,19H,1,11,14H2,(H,27,30)/b28-24-. The van der Waals surface area contributed by atoms with Gasteiger partial charge in [0.25, 0.3) is 0 Å². The Labute approximate surface area is 209 Å². The van der Waals surface area contributed by atoms with Crippen molar-refractivity contribution < 1.29 is 14.4 Å². The number of carbonyl (C=O) groups excluding carboxylic acids is 3. The molecule has 3 aromatic rings. The zero-order valence-corrected chi connectivity index (χ0v) is 20.2. The molecule has 2 aromatic carbocycles. The Bertz CT molecular complexity index is 1260. The van der Waals surface area contributed by atoms with Gasteiger partial charge >= 0.3 is 0 Å². The van der Waals surface area contributed by atoms with Crippen LogP contribution < -0.4 is 5.32 Å². The largest absolute Gasteiger partial charge is 0.325 e. The Balaban J connectivity index is 1.51. The van der Waals surface area contributed by atoms with Crippen molar-refractivity contribution in [3.8, 4) is 0 Å². The third kappa shape index (κ3) is 5.44. The monoisotopic (exact) mass is 510 g/mol. The normalized spacial score (nSPS) is 16.6. The van der Waals surface area contributed by atoms with Gasteiger partial charge in [-0.3, -0.25) is 19.3 Å². The van der Waals surface area contributed by atoms with Crippen molar-refractivity contribution >= 4 is 68.3 Å². The molecule has 0 spiro atoms. The number of aliphatic imine (C=N–C) groups is 1. The lowest BCUT2D eigenvalue weighted by molar-refractivity contribution is -0.127. The molecule has 2 heterocycles. The summed E-state index contributed by atoms with van der Waals surface area (Å²) < 4.78 is 0. The van der Waals surface area contributed by atoms with E-state index in [1.807, 2.05) is 6.07 Å². The molecule has 1 aliphatic rings. The van der Waals surface area contributed by atoms with Crippen molar-refractivity contribution in [2.24, 2.45) is 4.99 Å². The number of aromatic nitrogens is 1. The first-order chi connectivity index (χ1) is 16.5. The smallest absolute Gasteiger partial charge is 0.242 e. The van der Waals surface area contributed by atoms with Crippen molar-refractivity contribution in [2.75, 3.05) is 11.9 Å². The summed E-state index contributed by atoms with van der Waals surface area (Å²) in [6, 6.07) is 13.4. The molecule has 10 heteroatoms. The van der Waals surface area contributed by atoms with Crippen LogP contribution in [0.15, 0.2) is 77.8 Å². The quantitative estimate of drug-likeness (QED) is 0.333. The van der Waals surface area contributed by atoms with E-state index in [0.29, 0.717) is 26.6 Å². The molecule has 4 rings (SSSR count). The van der Waals surface area contributed by atoms with Crippen molar-refractivity contribution in [2.45, 2.75) is 11.7 Å². The highest BCUT2D eigenvalue weighted by Crippen LogP contribution is 2.32. The number of hydrogen-bond donors (Lipinski definition) is 1. The minimum atomic E-state index is -0.653. The predicted molar refractivity (Wildman–Crippen MR) is 137 cm³/mol. The molecule has 34 heavy (non-hydrogen) atoms. The number of ketones is 1. The molecule has 1 aromatic heterocycles. The van der Waals surface area contributed by atoms with E-state index >= 15 is 0 Å². The van der Waals surface area contributed by atoms with Crippen LogP contribution in [0, 0.1) is 0 Å². The van der Waals surface area contributed by atoms with E-state index in [4.69, 9.17) is 11.6 Å². The summed E-state index contributed by atoms with van der Waals surface area (Å²) in [6.07, 6.45) is 3.15. The molecule has 1 atom stereocenters. The zero-order valence-electron chi connectivity index (χ0n) is 17.8. The number of halogens is 1. The number of amides is 2. The van der Waals surface area contributed by atoms with Gasteiger partial charge in [0.05, 0.1) is 5.69 Å². The molecule has 172 valence electrons. The third-order valence-corrected chi connectivity index (χ3v) is 6.93. The van der Waals surface area contributed by atoms with Gasteiger partial charge in [-0.2, -0.15) is 4.99 Å². The van der Waals surface area contributed by atoms with Crippen LogP contribution in [-0.4, -0.2) is 44.4 Å². The summed E-state index contributed by atoms with van der Waals surface area (Å²) in [5, 5.41) is 5.29. The number of carbonyl (C=O) groups is 3. The van der Waals surface area contributed by atoms with Gasteiger partial charge in [0, 0.05) is 40.7 Å². The average Bonchev–Trinajstić information content (AvgIpc) is 3.45. The second kappa shape index (κ2) is 10.8. The van der Waals surface area contributed by atoms with Crippen LogP contribution in [0.5, 0.6) is 0 Å². The number of nitrogens with zero attached hydrogens (tertiary/aromatic N) is 3. The molecule has 0 aliphatic carbocycles. The number of thiazole rings is 1. The van der Waals surface area contributed by atoms with Crippen LogP contribution in [-0.2, 0) is 9.59 Å². The highest BCUT2D eigenvalue weighted by atomic mass is 35.5. The molecule has 0 radical (unpaired) electrons. The molecule has 0 saturated carbocycles. The van der Waals surface area contributed by atoms with E-state index in [-0.39, 0.29) is 30.2 Å². The van der Waals surface area contributed by atoms with Crippen LogP contribution in [0.25, 0.3) is 0 Å². The Hall–Kier alpha value is -3.27. The molecule has 1 unspecified atom stereocenters. The SMILES string of the molecule is C=CCN1C(=O)C(CC(=O)Nc2ccc(Cl)cc2C(=O)c2ccccc2)S/C1=N\c1nccs1. The number of hydrogen-bond acceptors (Lipinski definition) is 7. The molecular weight excluding hydrogens is 492 g/mol. The van der Waals surface area contributed by atoms with Crippen molar-refractivity contribution in [1.29, 1.82) is 0 Å². The molecule has 1 aliphatic heterocycles. The zero-order chi connectivity index (χ0) is 24.1. The van der Waals surface area contributed by atoms with Gasteiger partial charge in [-0.25, -0.2) is 4.98 Å². The lowest BCUT2D eigenvalue weighted by atomic mass is 10.0. The van der Waals surface area contributed by atoms with E-state index in [1.165, 1.54) is 34.1 Å². The lowest BCUT2D eigenvalue weighted by Gasteiger charge is -2.14. The van der Waals surface area contributed by atoms with Crippen LogP contribution in [0.4, 0.5) is 10.8 Å². The molecule has 2 amide bonds. The van der Waals surface area contributed by atoms with E-state index < -0.39 is 11.2 Å². The van der Waals surface area contributed by atoms with Crippen molar-refractivity contribution in [3.05, 3.63) is 88.9 Å². The fourth-order valence-electron chi connectivity index (χ4n) is 3.30. The van der Waals surface area contributed by atoms with Gasteiger partial charge in [0.15, 0.2) is 11.0 Å². The number of amidine groups is 1. The minimum Gasteiger partial charge on any atom is -0.325 e. The predicted octanol–water partition coefficient (Wildman–Crippen LogP) is 5.17. The van der Waals surface area contributed by atoms with Gasteiger partial charge in [0.2, 0.25) is 16.9 Å². The first-order valence-electron chi connectivity index (χ1n) is 10.2.